The number of hydrogen-bond donors (Lipinski definition) is 2. The van der Waals surface area contributed by atoms with Crippen LogP contribution in [0, 0.1) is 11.2 Å². The van der Waals surface area contributed by atoms with Gasteiger partial charge >= 0.3 is 0 Å². The summed E-state index contributed by atoms with van der Waals surface area (Å²) in [4.78, 5) is 11.9. The molecule has 0 radical (unpaired) electrons. The standard InChI is InChI=1S/C16H24FNO2/c1-11(19)5-10-14(20)18-15(16(2,3)4)12-6-8-13(17)9-7-12/h6-9,11,15,19H,5,10H2,1-4H3,(H,18,20). The fourth-order valence-electron chi connectivity index (χ4n) is 2.03. The van der Waals surface area contributed by atoms with Gasteiger partial charge < -0.3 is 10.4 Å². The van der Waals surface area contributed by atoms with Crippen molar-refractivity contribution in [2.45, 2.75) is 52.7 Å². The molecular formula is C16H24FNO2. The van der Waals surface area contributed by atoms with Gasteiger partial charge in [-0.15, -0.1) is 0 Å². The summed E-state index contributed by atoms with van der Waals surface area (Å²) >= 11 is 0. The minimum Gasteiger partial charge on any atom is -0.393 e. The summed E-state index contributed by atoms with van der Waals surface area (Å²) in [6.45, 7) is 7.73. The zero-order valence-corrected chi connectivity index (χ0v) is 12.6. The Balaban J connectivity index is 2.81. The number of benzene rings is 1. The number of carbonyl (C=O) groups excluding carboxylic acids is 1. The molecule has 112 valence electrons. The number of nitrogens with one attached hydrogen (secondary N) is 1. The van der Waals surface area contributed by atoms with Gasteiger partial charge in [0, 0.05) is 6.42 Å². The third kappa shape index (κ3) is 5.29. The van der Waals surface area contributed by atoms with E-state index in [1.165, 1.54) is 12.1 Å². The van der Waals surface area contributed by atoms with E-state index in [2.05, 4.69) is 5.32 Å². The maximum atomic E-state index is 13.0. The zero-order chi connectivity index (χ0) is 15.3. The van der Waals surface area contributed by atoms with Gasteiger partial charge in [0.05, 0.1) is 12.1 Å². The van der Waals surface area contributed by atoms with Crippen LogP contribution in [0.15, 0.2) is 24.3 Å². The number of amides is 1. The van der Waals surface area contributed by atoms with E-state index in [4.69, 9.17) is 0 Å². The highest BCUT2D eigenvalue weighted by molar-refractivity contribution is 5.76. The molecule has 2 N–H and O–H groups in total. The Morgan fingerprint density at radius 3 is 2.30 bits per heavy atom. The molecule has 20 heavy (non-hydrogen) atoms. The molecule has 0 saturated carbocycles. The number of halogens is 1. The fraction of sp³-hybridized carbons (Fsp3) is 0.562. The van der Waals surface area contributed by atoms with Crippen molar-refractivity contribution in [3.8, 4) is 0 Å². The number of carbonyl (C=O) groups is 1. The van der Waals surface area contributed by atoms with Crippen LogP contribution in [-0.4, -0.2) is 17.1 Å². The Hall–Kier alpha value is -1.42. The van der Waals surface area contributed by atoms with Gasteiger partial charge in [0.2, 0.25) is 5.91 Å². The minimum atomic E-state index is -0.486. The lowest BCUT2D eigenvalue weighted by molar-refractivity contribution is -0.123. The number of rotatable bonds is 5. The summed E-state index contributed by atoms with van der Waals surface area (Å²) in [7, 11) is 0. The molecule has 0 heterocycles. The summed E-state index contributed by atoms with van der Waals surface area (Å²) in [5, 5.41) is 12.2. The molecule has 4 heteroatoms. The maximum Gasteiger partial charge on any atom is 0.220 e. The Bertz CT molecular complexity index is 435. The van der Waals surface area contributed by atoms with Crippen LogP contribution < -0.4 is 5.32 Å². The van der Waals surface area contributed by atoms with Crippen molar-refractivity contribution in [2.75, 3.05) is 0 Å². The molecular weight excluding hydrogens is 257 g/mol. The SMILES string of the molecule is CC(O)CCC(=O)NC(c1ccc(F)cc1)C(C)(C)C. The second-order valence-corrected chi connectivity index (χ2v) is 6.31. The van der Waals surface area contributed by atoms with Gasteiger partial charge in [-0.3, -0.25) is 4.79 Å². The molecule has 1 rings (SSSR count). The highest BCUT2D eigenvalue weighted by Crippen LogP contribution is 2.32. The molecule has 1 amide bonds. The number of aliphatic hydroxyl groups excluding tert-OH is 1. The van der Waals surface area contributed by atoms with Crippen LogP contribution in [0.4, 0.5) is 4.39 Å². The van der Waals surface area contributed by atoms with Crippen molar-refractivity contribution in [1.29, 1.82) is 0 Å². The quantitative estimate of drug-likeness (QED) is 0.871. The predicted molar refractivity (Wildman–Crippen MR) is 77.7 cm³/mol. The molecule has 0 bridgehead atoms. The second-order valence-electron chi connectivity index (χ2n) is 6.31. The van der Waals surface area contributed by atoms with Gasteiger partial charge in [0.15, 0.2) is 0 Å². The average Bonchev–Trinajstić information content (AvgIpc) is 2.33. The lowest BCUT2D eigenvalue weighted by Crippen LogP contribution is -2.36. The van der Waals surface area contributed by atoms with Crippen molar-refractivity contribution in [1.82, 2.24) is 5.32 Å². The Morgan fingerprint density at radius 1 is 1.30 bits per heavy atom. The minimum absolute atomic E-state index is 0.102. The Labute approximate surface area is 120 Å². The van der Waals surface area contributed by atoms with E-state index >= 15 is 0 Å². The van der Waals surface area contributed by atoms with Crippen LogP contribution in [0.25, 0.3) is 0 Å². The van der Waals surface area contributed by atoms with Gasteiger partial charge in [0.1, 0.15) is 5.82 Å². The molecule has 0 aromatic heterocycles. The van der Waals surface area contributed by atoms with E-state index in [9.17, 15) is 14.3 Å². The summed E-state index contributed by atoms with van der Waals surface area (Å²) < 4.78 is 13.0. The van der Waals surface area contributed by atoms with Crippen molar-refractivity contribution >= 4 is 5.91 Å². The van der Waals surface area contributed by atoms with Crippen LogP contribution in [0.5, 0.6) is 0 Å². The molecule has 0 aliphatic rings. The molecule has 0 aliphatic heterocycles. The third-order valence-corrected chi connectivity index (χ3v) is 3.16. The number of aliphatic hydroxyl groups is 1. The van der Waals surface area contributed by atoms with Crippen molar-refractivity contribution in [2.24, 2.45) is 5.41 Å². The summed E-state index contributed by atoms with van der Waals surface area (Å²) in [6, 6.07) is 6.00. The fourth-order valence-corrected chi connectivity index (χ4v) is 2.03. The molecule has 0 saturated heterocycles. The first kappa shape index (κ1) is 16.6. The smallest absolute Gasteiger partial charge is 0.220 e. The summed E-state index contributed by atoms with van der Waals surface area (Å²) in [6.07, 6.45) is 0.233. The van der Waals surface area contributed by atoms with Gasteiger partial charge in [-0.05, 0) is 36.5 Å². The lowest BCUT2D eigenvalue weighted by Gasteiger charge is -2.32. The molecule has 0 spiro atoms. The Kier molecular flexibility index (Phi) is 5.69. The van der Waals surface area contributed by atoms with E-state index in [0.717, 1.165) is 5.56 Å². The molecule has 1 aromatic rings. The summed E-state index contributed by atoms with van der Waals surface area (Å²) in [5.74, 6) is -0.392. The van der Waals surface area contributed by atoms with E-state index in [0.29, 0.717) is 6.42 Å². The van der Waals surface area contributed by atoms with Crippen LogP contribution in [0.3, 0.4) is 0 Å². The van der Waals surface area contributed by atoms with E-state index < -0.39 is 6.10 Å². The largest absolute Gasteiger partial charge is 0.393 e. The Morgan fingerprint density at radius 2 is 1.85 bits per heavy atom. The zero-order valence-electron chi connectivity index (χ0n) is 12.6. The molecule has 3 nitrogen and oxygen atoms in total. The average molecular weight is 281 g/mol. The van der Waals surface area contributed by atoms with Gasteiger partial charge in [-0.2, -0.15) is 0 Å². The van der Waals surface area contributed by atoms with Crippen LogP contribution in [0.2, 0.25) is 0 Å². The predicted octanol–water partition coefficient (Wildman–Crippen LogP) is 3.19. The first-order chi connectivity index (χ1) is 9.20. The van der Waals surface area contributed by atoms with Gasteiger partial charge in [0.25, 0.3) is 0 Å². The first-order valence-electron chi connectivity index (χ1n) is 6.93. The first-order valence-corrected chi connectivity index (χ1v) is 6.93. The van der Waals surface area contributed by atoms with E-state index in [1.807, 2.05) is 20.8 Å². The van der Waals surface area contributed by atoms with Crippen LogP contribution >= 0.6 is 0 Å². The summed E-state index contributed by atoms with van der Waals surface area (Å²) in [5.41, 5.74) is 0.697. The number of hydrogen-bond acceptors (Lipinski definition) is 2. The topological polar surface area (TPSA) is 49.3 Å². The van der Waals surface area contributed by atoms with Crippen molar-refractivity contribution < 1.29 is 14.3 Å². The molecule has 1 aromatic carbocycles. The van der Waals surface area contributed by atoms with E-state index in [1.54, 1.807) is 19.1 Å². The highest BCUT2D eigenvalue weighted by atomic mass is 19.1. The van der Waals surface area contributed by atoms with Gasteiger partial charge in [-0.25, -0.2) is 4.39 Å². The molecule has 2 unspecified atom stereocenters. The van der Waals surface area contributed by atoms with Crippen LogP contribution in [0.1, 0.15) is 52.1 Å². The second kappa shape index (κ2) is 6.84. The van der Waals surface area contributed by atoms with Gasteiger partial charge in [-0.1, -0.05) is 32.9 Å². The van der Waals surface area contributed by atoms with Crippen molar-refractivity contribution in [3.05, 3.63) is 35.6 Å². The van der Waals surface area contributed by atoms with Crippen LogP contribution in [-0.2, 0) is 4.79 Å². The molecule has 0 aliphatic carbocycles. The third-order valence-electron chi connectivity index (χ3n) is 3.16. The maximum absolute atomic E-state index is 13.0. The normalized spacial score (nSPS) is 14.7. The molecule has 0 fully saturated rings. The monoisotopic (exact) mass is 281 g/mol. The van der Waals surface area contributed by atoms with E-state index in [-0.39, 0.29) is 29.6 Å². The van der Waals surface area contributed by atoms with Crippen molar-refractivity contribution in [3.63, 3.8) is 0 Å². The lowest BCUT2D eigenvalue weighted by atomic mass is 9.82. The highest BCUT2D eigenvalue weighted by Gasteiger charge is 2.27. The molecule has 2 atom stereocenters.